The van der Waals surface area contributed by atoms with Gasteiger partial charge in [0.15, 0.2) is 0 Å². The van der Waals surface area contributed by atoms with Gasteiger partial charge in [-0.05, 0) is 24.3 Å². The molecule has 1 nitrogen and oxygen atoms in total. The van der Waals surface area contributed by atoms with Crippen molar-refractivity contribution in [3.63, 3.8) is 0 Å². The molecule has 0 spiro atoms. The minimum atomic E-state index is -0.161. The summed E-state index contributed by atoms with van der Waals surface area (Å²) in [7, 11) is 0. The molecule has 0 amide bonds. The van der Waals surface area contributed by atoms with Gasteiger partial charge in [0.1, 0.15) is 5.82 Å². The van der Waals surface area contributed by atoms with E-state index in [-0.39, 0.29) is 5.82 Å². The number of hydrogen-bond donors (Lipinski definition) is 1. The van der Waals surface area contributed by atoms with Crippen LogP contribution in [0.15, 0.2) is 29.2 Å². The first-order valence-corrected chi connectivity index (χ1v) is 4.85. The molecule has 1 heterocycles. The normalized spacial score (nSPS) is 17.4. The quantitative estimate of drug-likeness (QED) is 0.751. The van der Waals surface area contributed by atoms with Crippen molar-refractivity contribution < 1.29 is 4.39 Å². The van der Waals surface area contributed by atoms with Gasteiger partial charge in [-0.1, -0.05) is 0 Å². The highest BCUT2D eigenvalue weighted by molar-refractivity contribution is 8.00. The number of benzene rings is 1. The Morgan fingerprint density at radius 2 is 1.92 bits per heavy atom. The van der Waals surface area contributed by atoms with Crippen LogP contribution in [0.5, 0.6) is 0 Å². The van der Waals surface area contributed by atoms with Crippen LogP contribution in [0.2, 0.25) is 0 Å². The lowest BCUT2D eigenvalue weighted by atomic mass is 10.3. The Morgan fingerprint density at radius 3 is 2.42 bits per heavy atom. The molecule has 12 heavy (non-hydrogen) atoms. The highest BCUT2D eigenvalue weighted by Gasteiger charge is 2.17. The summed E-state index contributed by atoms with van der Waals surface area (Å²) >= 11 is 1.81. The van der Waals surface area contributed by atoms with Gasteiger partial charge in [-0.2, -0.15) is 0 Å². The molecule has 0 aliphatic carbocycles. The average molecular weight is 183 g/mol. The van der Waals surface area contributed by atoms with E-state index in [1.54, 1.807) is 0 Å². The highest BCUT2D eigenvalue weighted by Crippen LogP contribution is 2.25. The molecule has 0 bridgehead atoms. The Morgan fingerprint density at radius 1 is 1.25 bits per heavy atom. The van der Waals surface area contributed by atoms with E-state index in [1.807, 2.05) is 23.9 Å². The molecule has 1 aliphatic heterocycles. The topological polar surface area (TPSA) is 12.0 Å². The fraction of sp³-hybridized carbons (Fsp3) is 0.333. The van der Waals surface area contributed by atoms with Crippen molar-refractivity contribution >= 4 is 11.8 Å². The van der Waals surface area contributed by atoms with Gasteiger partial charge in [-0.15, -0.1) is 11.8 Å². The summed E-state index contributed by atoms with van der Waals surface area (Å²) in [5.41, 5.74) is 0. The van der Waals surface area contributed by atoms with Crippen LogP contribution in [0.1, 0.15) is 0 Å². The molecule has 0 saturated carbocycles. The molecule has 0 radical (unpaired) electrons. The number of rotatable bonds is 2. The van der Waals surface area contributed by atoms with Crippen molar-refractivity contribution in [1.29, 1.82) is 0 Å². The van der Waals surface area contributed by atoms with E-state index in [2.05, 4.69) is 5.32 Å². The third-order valence-electron chi connectivity index (χ3n) is 1.86. The third kappa shape index (κ3) is 1.79. The lowest BCUT2D eigenvalue weighted by Crippen LogP contribution is -2.44. The number of halogens is 1. The minimum Gasteiger partial charge on any atom is -0.314 e. The molecule has 1 aromatic carbocycles. The monoisotopic (exact) mass is 183 g/mol. The van der Waals surface area contributed by atoms with E-state index in [0.29, 0.717) is 5.25 Å². The average Bonchev–Trinajstić information content (AvgIpc) is 2.00. The summed E-state index contributed by atoms with van der Waals surface area (Å²) in [5.74, 6) is -0.161. The van der Waals surface area contributed by atoms with Gasteiger partial charge in [-0.25, -0.2) is 4.39 Å². The van der Waals surface area contributed by atoms with Gasteiger partial charge in [-0.3, -0.25) is 0 Å². The van der Waals surface area contributed by atoms with Gasteiger partial charge >= 0.3 is 0 Å². The largest absolute Gasteiger partial charge is 0.314 e. The molecular weight excluding hydrogens is 173 g/mol. The maximum atomic E-state index is 12.5. The Hall–Kier alpha value is -0.540. The summed E-state index contributed by atoms with van der Waals surface area (Å²) < 4.78 is 12.5. The first-order valence-electron chi connectivity index (χ1n) is 3.97. The van der Waals surface area contributed by atoms with Gasteiger partial charge < -0.3 is 5.32 Å². The molecule has 1 saturated heterocycles. The van der Waals surface area contributed by atoms with E-state index in [4.69, 9.17) is 0 Å². The Kier molecular flexibility index (Phi) is 2.33. The van der Waals surface area contributed by atoms with E-state index >= 15 is 0 Å². The van der Waals surface area contributed by atoms with Gasteiger partial charge in [0.25, 0.3) is 0 Å². The molecule has 2 rings (SSSR count). The lowest BCUT2D eigenvalue weighted by Gasteiger charge is -2.26. The van der Waals surface area contributed by atoms with Crippen molar-refractivity contribution in [2.45, 2.75) is 10.1 Å². The van der Waals surface area contributed by atoms with Crippen LogP contribution < -0.4 is 5.32 Å². The standard InChI is InChI=1S/C9H10FNS/c10-7-1-3-8(4-2-7)12-9-5-11-6-9/h1-4,9,11H,5-6H2. The summed E-state index contributed by atoms with van der Waals surface area (Å²) in [6.07, 6.45) is 0. The second-order valence-electron chi connectivity index (χ2n) is 2.85. The first-order chi connectivity index (χ1) is 5.84. The maximum absolute atomic E-state index is 12.5. The van der Waals surface area contributed by atoms with Crippen LogP contribution in [0.25, 0.3) is 0 Å². The fourth-order valence-electron chi connectivity index (χ4n) is 1.05. The molecule has 1 N–H and O–H groups in total. The van der Waals surface area contributed by atoms with E-state index < -0.39 is 0 Å². The van der Waals surface area contributed by atoms with Crippen molar-refractivity contribution in [1.82, 2.24) is 5.32 Å². The van der Waals surface area contributed by atoms with E-state index in [0.717, 1.165) is 18.0 Å². The van der Waals surface area contributed by atoms with Gasteiger partial charge in [0.2, 0.25) is 0 Å². The lowest BCUT2D eigenvalue weighted by molar-refractivity contribution is 0.543. The second kappa shape index (κ2) is 3.46. The predicted octanol–water partition coefficient (Wildman–Crippen LogP) is 1.89. The number of hydrogen-bond acceptors (Lipinski definition) is 2. The SMILES string of the molecule is Fc1ccc(SC2CNC2)cc1. The van der Waals surface area contributed by atoms with Gasteiger partial charge in [0.05, 0.1) is 0 Å². The van der Waals surface area contributed by atoms with E-state index in [9.17, 15) is 4.39 Å². The molecule has 0 unspecified atom stereocenters. The van der Waals surface area contributed by atoms with Crippen molar-refractivity contribution in [2.24, 2.45) is 0 Å². The number of nitrogens with one attached hydrogen (secondary N) is 1. The fourth-order valence-corrected chi connectivity index (χ4v) is 2.13. The maximum Gasteiger partial charge on any atom is 0.123 e. The summed E-state index contributed by atoms with van der Waals surface area (Å²) in [6.45, 7) is 2.14. The van der Waals surface area contributed by atoms with Crippen LogP contribution in [0.3, 0.4) is 0 Å². The molecule has 3 heteroatoms. The van der Waals surface area contributed by atoms with E-state index in [1.165, 1.54) is 12.1 Å². The third-order valence-corrected chi connectivity index (χ3v) is 3.07. The zero-order valence-electron chi connectivity index (χ0n) is 6.59. The Labute approximate surface area is 75.4 Å². The molecule has 0 atom stereocenters. The molecular formula is C9H10FNS. The van der Waals surface area contributed by atoms with Crippen LogP contribution in [-0.4, -0.2) is 18.3 Å². The molecule has 1 fully saturated rings. The molecule has 1 aromatic rings. The number of thioether (sulfide) groups is 1. The first kappa shape index (κ1) is 8.08. The minimum absolute atomic E-state index is 0.161. The van der Waals surface area contributed by atoms with Crippen molar-refractivity contribution in [3.8, 4) is 0 Å². The summed E-state index contributed by atoms with van der Waals surface area (Å²) in [6, 6.07) is 6.68. The zero-order valence-corrected chi connectivity index (χ0v) is 7.40. The molecule has 1 aliphatic rings. The summed E-state index contributed by atoms with van der Waals surface area (Å²) in [5, 5.41) is 3.87. The highest BCUT2D eigenvalue weighted by atomic mass is 32.2. The summed E-state index contributed by atoms with van der Waals surface area (Å²) in [4.78, 5) is 1.16. The van der Waals surface area contributed by atoms with Crippen molar-refractivity contribution in [2.75, 3.05) is 13.1 Å². The zero-order chi connectivity index (χ0) is 8.39. The smallest absolute Gasteiger partial charge is 0.123 e. The van der Waals surface area contributed by atoms with Crippen LogP contribution >= 0.6 is 11.8 Å². The van der Waals surface area contributed by atoms with Crippen LogP contribution in [0, 0.1) is 5.82 Å². The van der Waals surface area contributed by atoms with Crippen LogP contribution in [0.4, 0.5) is 4.39 Å². The molecule has 0 aromatic heterocycles. The predicted molar refractivity (Wildman–Crippen MR) is 48.9 cm³/mol. The van der Waals surface area contributed by atoms with Crippen molar-refractivity contribution in [3.05, 3.63) is 30.1 Å². The van der Waals surface area contributed by atoms with Crippen LogP contribution in [-0.2, 0) is 0 Å². The Bertz CT molecular complexity index is 256. The van der Waals surface area contributed by atoms with Gasteiger partial charge in [0, 0.05) is 23.2 Å². The second-order valence-corrected chi connectivity index (χ2v) is 4.23. The Balaban J connectivity index is 1.98. The molecule has 64 valence electrons.